The van der Waals surface area contributed by atoms with Gasteiger partial charge >= 0.3 is 0 Å². The zero-order valence-electron chi connectivity index (χ0n) is 10.5. The fraction of sp³-hybridized carbons (Fsp3) is 0.571. The lowest BCUT2D eigenvalue weighted by atomic mass is 10.1. The maximum atomic E-state index is 5.86. The fourth-order valence-corrected chi connectivity index (χ4v) is 1.82. The molecule has 0 saturated carbocycles. The highest BCUT2D eigenvalue weighted by molar-refractivity contribution is 6.30. The Balaban J connectivity index is 2.29. The van der Waals surface area contributed by atoms with Crippen LogP contribution in [0.5, 0.6) is 0 Å². The molecule has 0 aliphatic carbocycles. The molecule has 0 aliphatic heterocycles. The van der Waals surface area contributed by atoms with E-state index in [1.165, 1.54) is 18.4 Å². The van der Waals surface area contributed by atoms with E-state index >= 15 is 0 Å². The second-order valence-corrected chi connectivity index (χ2v) is 5.20. The van der Waals surface area contributed by atoms with E-state index in [1.807, 2.05) is 12.1 Å². The number of nitrogens with one attached hydrogen (secondary N) is 1. The molecule has 0 unspecified atom stereocenters. The zero-order chi connectivity index (χ0) is 12.0. The van der Waals surface area contributed by atoms with Crippen LogP contribution in [-0.4, -0.2) is 6.54 Å². The van der Waals surface area contributed by atoms with Crippen LogP contribution in [-0.2, 0) is 0 Å². The number of benzene rings is 1. The van der Waals surface area contributed by atoms with Crippen molar-refractivity contribution in [2.45, 2.75) is 39.7 Å². The van der Waals surface area contributed by atoms with Crippen molar-refractivity contribution in [2.75, 3.05) is 6.54 Å². The lowest BCUT2D eigenvalue weighted by molar-refractivity contribution is 0.497. The third kappa shape index (κ3) is 5.00. The van der Waals surface area contributed by atoms with Gasteiger partial charge in [0.05, 0.1) is 0 Å². The van der Waals surface area contributed by atoms with E-state index in [-0.39, 0.29) is 0 Å². The second kappa shape index (κ2) is 6.93. The Morgan fingerprint density at radius 2 is 1.75 bits per heavy atom. The van der Waals surface area contributed by atoms with Crippen molar-refractivity contribution in [2.24, 2.45) is 5.92 Å². The van der Waals surface area contributed by atoms with Crippen molar-refractivity contribution in [1.82, 2.24) is 5.32 Å². The largest absolute Gasteiger partial charge is 0.310 e. The van der Waals surface area contributed by atoms with Gasteiger partial charge < -0.3 is 5.32 Å². The predicted octanol–water partition coefficient (Wildman–Crippen LogP) is 4.43. The van der Waals surface area contributed by atoms with E-state index in [2.05, 4.69) is 38.2 Å². The van der Waals surface area contributed by atoms with Gasteiger partial charge in [-0.1, -0.05) is 37.6 Å². The van der Waals surface area contributed by atoms with Crippen molar-refractivity contribution in [3.63, 3.8) is 0 Å². The highest BCUT2D eigenvalue weighted by Gasteiger charge is 2.03. The van der Waals surface area contributed by atoms with E-state index in [0.29, 0.717) is 6.04 Å². The topological polar surface area (TPSA) is 12.0 Å². The average molecular weight is 240 g/mol. The van der Waals surface area contributed by atoms with Gasteiger partial charge in [-0.05, 0) is 49.9 Å². The standard InChI is InChI=1S/C14H22ClN/c1-11(2)5-4-10-16-12(3)13-6-8-14(15)9-7-13/h6-9,11-12,16H,4-5,10H2,1-3H3/t12-/m1/s1. The maximum absolute atomic E-state index is 5.86. The molecule has 0 fully saturated rings. The molecule has 16 heavy (non-hydrogen) atoms. The molecule has 1 aromatic carbocycles. The molecule has 1 aromatic rings. The van der Waals surface area contributed by atoms with Gasteiger partial charge in [0, 0.05) is 11.1 Å². The van der Waals surface area contributed by atoms with Crippen LogP contribution in [0.3, 0.4) is 0 Å². The summed E-state index contributed by atoms with van der Waals surface area (Å²) in [6.07, 6.45) is 2.54. The Hall–Kier alpha value is -0.530. The van der Waals surface area contributed by atoms with Crippen LogP contribution in [0.2, 0.25) is 5.02 Å². The summed E-state index contributed by atoms with van der Waals surface area (Å²) in [6, 6.07) is 8.47. The minimum atomic E-state index is 0.407. The Bertz CT molecular complexity index is 292. The van der Waals surface area contributed by atoms with Crippen molar-refractivity contribution >= 4 is 11.6 Å². The molecule has 1 rings (SSSR count). The third-order valence-corrected chi connectivity index (χ3v) is 3.03. The predicted molar refractivity (Wildman–Crippen MR) is 71.9 cm³/mol. The summed E-state index contributed by atoms with van der Waals surface area (Å²) in [6.45, 7) is 7.81. The molecule has 0 aliphatic rings. The molecular formula is C14H22ClN. The molecule has 0 aromatic heterocycles. The van der Waals surface area contributed by atoms with Crippen molar-refractivity contribution in [3.05, 3.63) is 34.9 Å². The van der Waals surface area contributed by atoms with Gasteiger partial charge in [0.25, 0.3) is 0 Å². The summed E-state index contributed by atoms with van der Waals surface area (Å²) in [5, 5.41) is 4.33. The Labute approximate surface area is 104 Å². The van der Waals surface area contributed by atoms with Crippen molar-refractivity contribution in [3.8, 4) is 0 Å². The molecule has 2 heteroatoms. The first kappa shape index (κ1) is 13.5. The first-order chi connectivity index (χ1) is 7.59. The van der Waals surface area contributed by atoms with Crippen LogP contribution in [0.15, 0.2) is 24.3 Å². The molecule has 0 saturated heterocycles. The van der Waals surface area contributed by atoms with Gasteiger partial charge in [-0.2, -0.15) is 0 Å². The minimum Gasteiger partial charge on any atom is -0.310 e. The summed E-state index contributed by atoms with van der Waals surface area (Å²) < 4.78 is 0. The van der Waals surface area contributed by atoms with Gasteiger partial charge in [0.2, 0.25) is 0 Å². The average Bonchev–Trinajstić information content (AvgIpc) is 2.25. The van der Waals surface area contributed by atoms with Crippen LogP contribution in [0.1, 0.15) is 45.2 Å². The van der Waals surface area contributed by atoms with Gasteiger partial charge in [0.15, 0.2) is 0 Å². The van der Waals surface area contributed by atoms with E-state index < -0.39 is 0 Å². The minimum absolute atomic E-state index is 0.407. The molecule has 90 valence electrons. The van der Waals surface area contributed by atoms with E-state index in [4.69, 9.17) is 11.6 Å². The highest BCUT2D eigenvalue weighted by Crippen LogP contribution is 2.16. The summed E-state index contributed by atoms with van der Waals surface area (Å²) in [5.41, 5.74) is 1.30. The third-order valence-electron chi connectivity index (χ3n) is 2.78. The number of hydrogen-bond donors (Lipinski definition) is 1. The van der Waals surface area contributed by atoms with E-state index in [1.54, 1.807) is 0 Å². The van der Waals surface area contributed by atoms with Crippen LogP contribution in [0, 0.1) is 5.92 Å². The molecule has 0 radical (unpaired) electrons. The SMILES string of the molecule is CC(C)CCCN[C@H](C)c1ccc(Cl)cc1. The van der Waals surface area contributed by atoms with Crippen LogP contribution >= 0.6 is 11.6 Å². The fourth-order valence-electron chi connectivity index (χ4n) is 1.70. The normalized spacial score (nSPS) is 13.1. The first-order valence-electron chi connectivity index (χ1n) is 6.08. The van der Waals surface area contributed by atoms with Crippen LogP contribution < -0.4 is 5.32 Å². The first-order valence-corrected chi connectivity index (χ1v) is 6.46. The number of halogens is 1. The van der Waals surface area contributed by atoms with Gasteiger partial charge in [-0.15, -0.1) is 0 Å². The maximum Gasteiger partial charge on any atom is 0.0406 e. The summed E-state index contributed by atoms with van der Waals surface area (Å²) in [4.78, 5) is 0. The van der Waals surface area contributed by atoms with Crippen LogP contribution in [0.4, 0.5) is 0 Å². The van der Waals surface area contributed by atoms with Gasteiger partial charge in [-0.3, -0.25) is 0 Å². The molecule has 0 amide bonds. The smallest absolute Gasteiger partial charge is 0.0406 e. The Kier molecular flexibility index (Phi) is 5.86. The summed E-state index contributed by atoms with van der Waals surface area (Å²) in [5.74, 6) is 0.799. The lowest BCUT2D eigenvalue weighted by Crippen LogP contribution is -2.20. The second-order valence-electron chi connectivity index (χ2n) is 4.76. The Morgan fingerprint density at radius 1 is 1.12 bits per heavy atom. The summed E-state index contributed by atoms with van der Waals surface area (Å²) >= 11 is 5.86. The van der Waals surface area contributed by atoms with Crippen LogP contribution in [0.25, 0.3) is 0 Å². The zero-order valence-corrected chi connectivity index (χ0v) is 11.2. The molecule has 1 N–H and O–H groups in total. The molecule has 1 nitrogen and oxygen atoms in total. The summed E-state index contributed by atoms with van der Waals surface area (Å²) in [7, 11) is 0. The lowest BCUT2D eigenvalue weighted by Gasteiger charge is -2.14. The van der Waals surface area contributed by atoms with Crippen molar-refractivity contribution < 1.29 is 0 Å². The van der Waals surface area contributed by atoms with Gasteiger partial charge in [-0.25, -0.2) is 0 Å². The monoisotopic (exact) mass is 239 g/mol. The Morgan fingerprint density at radius 3 is 2.31 bits per heavy atom. The molecule has 0 heterocycles. The quantitative estimate of drug-likeness (QED) is 0.725. The van der Waals surface area contributed by atoms with E-state index in [0.717, 1.165) is 17.5 Å². The molecule has 0 bridgehead atoms. The molecule has 1 atom stereocenters. The van der Waals surface area contributed by atoms with E-state index in [9.17, 15) is 0 Å². The van der Waals surface area contributed by atoms with Gasteiger partial charge in [0.1, 0.15) is 0 Å². The number of hydrogen-bond acceptors (Lipinski definition) is 1. The number of rotatable bonds is 6. The van der Waals surface area contributed by atoms with Crippen molar-refractivity contribution in [1.29, 1.82) is 0 Å². The molecular weight excluding hydrogens is 218 g/mol. The molecule has 0 spiro atoms. The highest BCUT2D eigenvalue weighted by atomic mass is 35.5.